The molecule has 1 aliphatic heterocycles. The van der Waals surface area contributed by atoms with E-state index in [0.717, 1.165) is 16.9 Å². The zero-order chi connectivity index (χ0) is 19.1. The Morgan fingerprint density at radius 1 is 1.04 bits per heavy atom. The largest absolute Gasteiger partial charge is 0.496 e. The average Bonchev–Trinajstić information content (AvgIpc) is 2.73. The molecule has 2 amide bonds. The number of hydrogen-bond acceptors (Lipinski definition) is 3. The van der Waals surface area contributed by atoms with Crippen LogP contribution in [0, 0.1) is 5.92 Å². The molecule has 0 bridgehead atoms. The molecule has 1 fully saturated rings. The minimum absolute atomic E-state index is 0.0412. The van der Waals surface area contributed by atoms with Crippen LogP contribution in [0.2, 0.25) is 0 Å². The fourth-order valence-corrected chi connectivity index (χ4v) is 3.45. The summed E-state index contributed by atoms with van der Waals surface area (Å²) in [7, 11) is 1.63. The molecule has 5 nitrogen and oxygen atoms in total. The minimum atomic E-state index is -0.0412. The molecule has 0 radical (unpaired) electrons. The second-order valence-electron chi connectivity index (χ2n) is 6.85. The zero-order valence-corrected chi connectivity index (χ0v) is 15.7. The lowest BCUT2D eigenvalue weighted by atomic mass is 9.95. The molecular weight excluding hydrogens is 340 g/mol. The molecule has 2 aromatic rings. The lowest BCUT2D eigenvalue weighted by Gasteiger charge is -2.31. The number of benzene rings is 2. The molecular formula is C22H26N2O3. The first-order valence-corrected chi connectivity index (χ1v) is 9.38. The Morgan fingerprint density at radius 2 is 1.70 bits per heavy atom. The van der Waals surface area contributed by atoms with Crippen LogP contribution in [0.1, 0.15) is 24.0 Å². The summed E-state index contributed by atoms with van der Waals surface area (Å²) >= 11 is 0. The van der Waals surface area contributed by atoms with E-state index in [9.17, 15) is 9.59 Å². The third kappa shape index (κ3) is 5.09. The Kier molecular flexibility index (Phi) is 6.47. The molecule has 1 saturated heterocycles. The van der Waals surface area contributed by atoms with Gasteiger partial charge in [-0.25, -0.2) is 0 Å². The maximum atomic E-state index is 12.5. The summed E-state index contributed by atoms with van der Waals surface area (Å²) in [5.74, 6) is 0.921. The van der Waals surface area contributed by atoms with Crippen LogP contribution in [0.4, 0.5) is 0 Å². The number of methoxy groups -OCH3 is 1. The van der Waals surface area contributed by atoms with Gasteiger partial charge < -0.3 is 15.0 Å². The summed E-state index contributed by atoms with van der Waals surface area (Å²) in [5, 5.41) is 3.00. The van der Waals surface area contributed by atoms with Gasteiger partial charge in [-0.2, -0.15) is 0 Å². The van der Waals surface area contributed by atoms with E-state index in [4.69, 9.17) is 4.74 Å². The van der Waals surface area contributed by atoms with Crippen LogP contribution < -0.4 is 10.1 Å². The fourth-order valence-electron chi connectivity index (χ4n) is 3.45. The normalized spacial score (nSPS) is 14.6. The summed E-state index contributed by atoms with van der Waals surface area (Å²) in [6, 6.07) is 17.5. The van der Waals surface area contributed by atoms with Crippen LogP contribution in [-0.4, -0.2) is 36.9 Å². The van der Waals surface area contributed by atoms with E-state index < -0.39 is 0 Å². The molecule has 142 valence electrons. The summed E-state index contributed by atoms with van der Waals surface area (Å²) in [6.45, 7) is 1.73. The molecule has 3 rings (SSSR count). The number of carbonyl (C=O) groups excluding carboxylic acids is 2. The highest BCUT2D eigenvalue weighted by molar-refractivity contribution is 5.81. The summed E-state index contributed by atoms with van der Waals surface area (Å²) in [6.07, 6.45) is 1.84. The highest BCUT2D eigenvalue weighted by Crippen LogP contribution is 2.20. The number of para-hydroxylation sites is 1. The van der Waals surface area contributed by atoms with Gasteiger partial charge in [0.15, 0.2) is 0 Å². The van der Waals surface area contributed by atoms with Crippen LogP contribution in [0.5, 0.6) is 5.75 Å². The van der Waals surface area contributed by atoms with E-state index in [1.54, 1.807) is 7.11 Å². The Labute approximate surface area is 160 Å². The smallest absolute Gasteiger partial charge is 0.226 e. The maximum Gasteiger partial charge on any atom is 0.226 e. The van der Waals surface area contributed by atoms with Crippen molar-refractivity contribution in [3.63, 3.8) is 0 Å². The van der Waals surface area contributed by atoms with Crippen molar-refractivity contribution in [3.8, 4) is 5.75 Å². The third-order valence-electron chi connectivity index (χ3n) is 5.06. The number of nitrogens with zero attached hydrogens (tertiary/aromatic N) is 1. The minimum Gasteiger partial charge on any atom is -0.496 e. The number of carbonyl (C=O) groups is 2. The van der Waals surface area contributed by atoms with Crippen LogP contribution in [-0.2, 0) is 22.6 Å². The first kappa shape index (κ1) is 19.0. The standard InChI is InChI=1S/C22H26N2O3/c1-27-20-10-6-5-9-19(20)16-23-22(26)18-11-13-24(14-12-18)21(25)15-17-7-3-2-4-8-17/h2-10,18H,11-16H2,1H3,(H,23,26). The fraction of sp³-hybridized carbons (Fsp3) is 0.364. The quantitative estimate of drug-likeness (QED) is 0.855. The summed E-state index contributed by atoms with van der Waals surface area (Å²) in [5.41, 5.74) is 1.99. The third-order valence-corrected chi connectivity index (χ3v) is 5.06. The van der Waals surface area contributed by atoms with Crippen molar-refractivity contribution in [2.75, 3.05) is 20.2 Å². The number of likely N-dealkylation sites (tertiary alicyclic amines) is 1. The number of amides is 2. The monoisotopic (exact) mass is 366 g/mol. The van der Waals surface area contributed by atoms with Crippen molar-refractivity contribution in [1.82, 2.24) is 10.2 Å². The summed E-state index contributed by atoms with van der Waals surface area (Å²) < 4.78 is 5.32. The number of ether oxygens (including phenoxy) is 1. The van der Waals surface area contributed by atoms with Crippen LogP contribution in [0.25, 0.3) is 0 Å². The molecule has 0 unspecified atom stereocenters. The highest BCUT2D eigenvalue weighted by atomic mass is 16.5. The predicted octanol–water partition coefficient (Wildman–Crippen LogP) is 2.79. The molecule has 0 aliphatic carbocycles. The Morgan fingerprint density at radius 3 is 2.41 bits per heavy atom. The van der Waals surface area contributed by atoms with E-state index in [2.05, 4.69) is 5.32 Å². The van der Waals surface area contributed by atoms with E-state index in [1.807, 2.05) is 59.5 Å². The second kappa shape index (κ2) is 9.21. The molecule has 2 aromatic carbocycles. The zero-order valence-electron chi connectivity index (χ0n) is 15.7. The van der Waals surface area contributed by atoms with Gasteiger partial charge in [0.25, 0.3) is 0 Å². The molecule has 0 aromatic heterocycles. The molecule has 27 heavy (non-hydrogen) atoms. The van der Waals surface area contributed by atoms with E-state index in [-0.39, 0.29) is 17.7 Å². The number of rotatable bonds is 6. The van der Waals surface area contributed by atoms with Crippen molar-refractivity contribution in [2.45, 2.75) is 25.8 Å². The molecule has 1 N–H and O–H groups in total. The van der Waals surface area contributed by atoms with Gasteiger partial charge in [0.1, 0.15) is 5.75 Å². The average molecular weight is 366 g/mol. The van der Waals surface area contributed by atoms with Crippen molar-refractivity contribution in [3.05, 3.63) is 65.7 Å². The van der Waals surface area contributed by atoms with E-state index >= 15 is 0 Å². The van der Waals surface area contributed by atoms with Crippen LogP contribution >= 0.6 is 0 Å². The highest BCUT2D eigenvalue weighted by Gasteiger charge is 2.27. The second-order valence-corrected chi connectivity index (χ2v) is 6.85. The van der Waals surface area contributed by atoms with Gasteiger partial charge in [0, 0.05) is 31.1 Å². The predicted molar refractivity (Wildman–Crippen MR) is 104 cm³/mol. The van der Waals surface area contributed by atoms with Crippen LogP contribution in [0.3, 0.4) is 0 Å². The van der Waals surface area contributed by atoms with Gasteiger partial charge in [-0.15, -0.1) is 0 Å². The first-order valence-electron chi connectivity index (χ1n) is 9.38. The molecule has 0 saturated carbocycles. The number of hydrogen-bond donors (Lipinski definition) is 1. The first-order chi connectivity index (χ1) is 13.2. The maximum absolute atomic E-state index is 12.5. The van der Waals surface area contributed by atoms with Crippen molar-refractivity contribution >= 4 is 11.8 Å². The lowest BCUT2D eigenvalue weighted by molar-refractivity contribution is -0.135. The van der Waals surface area contributed by atoms with Gasteiger partial charge in [0.05, 0.1) is 13.5 Å². The lowest BCUT2D eigenvalue weighted by Crippen LogP contribution is -2.43. The van der Waals surface area contributed by atoms with Crippen molar-refractivity contribution < 1.29 is 14.3 Å². The molecule has 1 aliphatic rings. The Bertz CT molecular complexity index is 768. The van der Waals surface area contributed by atoms with E-state index in [1.165, 1.54) is 0 Å². The topological polar surface area (TPSA) is 58.6 Å². The Hall–Kier alpha value is -2.82. The molecule has 0 spiro atoms. The van der Waals surface area contributed by atoms with Gasteiger partial charge in [-0.3, -0.25) is 9.59 Å². The van der Waals surface area contributed by atoms with Gasteiger partial charge in [-0.05, 0) is 24.5 Å². The number of piperidine rings is 1. The van der Waals surface area contributed by atoms with Gasteiger partial charge in [-0.1, -0.05) is 48.5 Å². The molecule has 5 heteroatoms. The summed E-state index contributed by atoms with van der Waals surface area (Å²) in [4.78, 5) is 26.8. The SMILES string of the molecule is COc1ccccc1CNC(=O)C1CCN(C(=O)Cc2ccccc2)CC1. The molecule has 0 atom stereocenters. The Balaban J connectivity index is 1.45. The van der Waals surface area contributed by atoms with Crippen molar-refractivity contribution in [1.29, 1.82) is 0 Å². The van der Waals surface area contributed by atoms with E-state index in [0.29, 0.717) is 38.9 Å². The number of nitrogens with one attached hydrogen (secondary N) is 1. The van der Waals surface area contributed by atoms with Gasteiger partial charge in [0.2, 0.25) is 11.8 Å². The van der Waals surface area contributed by atoms with Crippen LogP contribution in [0.15, 0.2) is 54.6 Å². The van der Waals surface area contributed by atoms with Gasteiger partial charge >= 0.3 is 0 Å². The van der Waals surface area contributed by atoms with Crippen molar-refractivity contribution in [2.24, 2.45) is 5.92 Å². The molecule has 1 heterocycles.